The van der Waals surface area contributed by atoms with Crippen molar-refractivity contribution in [3.8, 4) is 11.5 Å². The number of carbonyl (C=O) groups is 2. The van der Waals surface area contributed by atoms with Crippen LogP contribution in [-0.2, 0) is 9.59 Å². The lowest BCUT2D eigenvalue weighted by Gasteiger charge is -2.17. The number of amides is 2. The fourth-order valence-electron chi connectivity index (χ4n) is 3.22. The molecule has 1 N–H and O–H groups in total. The van der Waals surface area contributed by atoms with E-state index in [0.717, 1.165) is 11.3 Å². The predicted octanol–water partition coefficient (Wildman–Crippen LogP) is 3.54. The smallest absolute Gasteiger partial charge is 0.244 e. The quantitative estimate of drug-likeness (QED) is 0.703. The molecule has 0 bridgehead atoms. The van der Waals surface area contributed by atoms with Gasteiger partial charge in [-0.15, -0.1) is 0 Å². The number of nitrogens with one attached hydrogen (secondary N) is 1. The Hall–Kier alpha value is -2.99. The van der Waals surface area contributed by atoms with E-state index in [1.165, 1.54) is 6.08 Å². The minimum atomic E-state index is -0.211. The van der Waals surface area contributed by atoms with Gasteiger partial charge in [0, 0.05) is 42.2 Å². The fourth-order valence-corrected chi connectivity index (χ4v) is 3.35. The minimum Gasteiger partial charge on any atom is -0.493 e. The summed E-state index contributed by atoms with van der Waals surface area (Å²) in [4.78, 5) is 26.2. The van der Waals surface area contributed by atoms with Crippen LogP contribution < -0.4 is 19.7 Å². The lowest BCUT2D eigenvalue weighted by atomic mass is 10.1. The van der Waals surface area contributed by atoms with E-state index in [0.29, 0.717) is 36.0 Å². The zero-order chi connectivity index (χ0) is 20.8. The van der Waals surface area contributed by atoms with E-state index in [1.54, 1.807) is 49.5 Å². The number of nitrogens with zero attached hydrogens (tertiary/aromatic N) is 1. The summed E-state index contributed by atoms with van der Waals surface area (Å²) < 4.78 is 10.5. The highest BCUT2D eigenvalue weighted by Crippen LogP contribution is 2.28. The topological polar surface area (TPSA) is 67.9 Å². The van der Waals surface area contributed by atoms with Crippen LogP contribution in [0.1, 0.15) is 12.0 Å². The first-order valence-corrected chi connectivity index (χ1v) is 9.62. The Balaban J connectivity index is 1.52. The summed E-state index contributed by atoms with van der Waals surface area (Å²) in [5.41, 5.74) is 1.64. The number of carbonyl (C=O) groups excluding carboxylic acids is 2. The Labute approximate surface area is 175 Å². The SMILES string of the molecule is COc1ccc(/C=C\C(=O)NCC2CC(=O)N(c3ccc(Cl)cc3)C2)cc1OC. The highest BCUT2D eigenvalue weighted by molar-refractivity contribution is 6.30. The van der Waals surface area contributed by atoms with Crippen LogP contribution >= 0.6 is 11.6 Å². The van der Waals surface area contributed by atoms with Gasteiger partial charge in [0.05, 0.1) is 14.2 Å². The Morgan fingerprint density at radius 2 is 1.90 bits per heavy atom. The lowest BCUT2D eigenvalue weighted by Crippen LogP contribution is -2.30. The average molecular weight is 415 g/mol. The molecule has 29 heavy (non-hydrogen) atoms. The van der Waals surface area contributed by atoms with Crippen LogP contribution in [0.25, 0.3) is 6.08 Å². The second kappa shape index (κ2) is 9.47. The van der Waals surface area contributed by atoms with Gasteiger partial charge >= 0.3 is 0 Å². The van der Waals surface area contributed by atoms with E-state index < -0.39 is 0 Å². The molecular weight excluding hydrogens is 392 g/mol. The van der Waals surface area contributed by atoms with Gasteiger partial charge in [0.15, 0.2) is 11.5 Å². The van der Waals surface area contributed by atoms with Crippen molar-refractivity contribution in [1.82, 2.24) is 5.32 Å². The Kier molecular flexibility index (Phi) is 6.77. The van der Waals surface area contributed by atoms with Crippen LogP contribution in [0.4, 0.5) is 5.69 Å². The summed E-state index contributed by atoms with van der Waals surface area (Å²) in [6.45, 7) is 1.01. The van der Waals surface area contributed by atoms with Gasteiger partial charge in [-0.1, -0.05) is 17.7 Å². The maximum Gasteiger partial charge on any atom is 0.244 e. The molecule has 1 aliphatic heterocycles. The molecule has 0 spiro atoms. The zero-order valence-corrected chi connectivity index (χ0v) is 17.1. The molecule has 2 aromatic carbocycles. The summed E-state index contributed by atoms with van der Waals surface area (Å²) in [7, 11) is 3.14. The Bertz CT molecular complexity index is 912. The number of hydrogen-bond donors (Lipinski definition) is 1. The number of hydrogen-bond acceptors (Lipinski definition) is 4. The normalized spacial score (nSPS) is 16.3. The van der Waals surface area contributed by atoms with Crippen LogP contribution in [0.15, 0.2) is 48.5 Å². The molecule has 0 aromatic heterocycles. The molecule has 0 aliphatic carbocycles. The summed E-state index contributed by atoms with van der Waals surface area (Å²) in [5, 5.41) is 3.50. The first-order chi connectivity index (χ1) is 14.0. The molecule has 6 nitrogen and oxygen atoms in total. The summed E-state index contributed by atoms with van der Waals surface area (Å²) in [6.07, 6.45) is 3.58. The van der Waals surface area contributed by atoms with Gasteiger partial charge in [0.25, 0.3) is 0 Å². The standard InChI is InChI=1S/C22H23ClN2O4/c1-28-19-9-3-15(11-20(19)29-2)4-10-21(26)24-13-16-12-22(27)25(14-16)18-7-5-17(23)6-8-18/h3-11,16H,12-14H2,1-2H3,(H,24,26)/b10-4-. The van der Waals surface area contributed by atoms with Gasteiger partial charge in [-0.05, 0) is 48.0 Å². The van der Waals surface area contributed by atoms with Gasteiger partial charge < -0.3 is 19.7 Å². The number of ether oxygens (including phenoxy) is 2. The molecule has 3 rings (SSSR count). The largest absolute Gasteiger partial charge is 0.493 e. The highest BCUT2D eigenvalue weighted by Gasteiger charge is 2.30. The van der Waals surface area contributed by atoms with E-state index in [1.807, 2.05) is 18.2 Å². The molecule has 0 radical (unpaired) electrons. The van der Waals surface area contributed by atoms with Gasteiger partial charge in [0.2, 0.25) is 11.8 Å². The first-order valence-electron chi connectivity index (χ1n) is 9.24. The molecule has 1 atom stereocenters. The number of halogens is 1. The average Bonchev–Trinajstić information content (AvgIpc) is 3.11. The van der Waals surface area contributed by atoms with E-state index >= 15 is 0 Å². The van der Waals surface area contributed by atoms with Gasteiger partial charge in [-0.25, -0.2) is 0 Å². The van der Waals surface area contributed by atoms with E-state index in [-0.39, 0.29) is 17.7 Å². The van der Waals surface area contributed by atoms with Crippen LogP contribution in [0.5, 0.6) is 11.5 Å². The van der Waals surface area contributed by atoms with Crippen molar-refractivity contribution >= 4 is 35.2 Å². The molecule has 1 fully saturated rings. The van der Waals surface area contributed by atoms with Crippen LogP contribution in [0, 0.1) is 5.92 Å². The van der Waals surface area contributed by atoms with Gasteiger partial charge in [0.1, 0.15) is 0 Å². The molecule has 0 saturated carbocycles. The van der Waals surface area contributed by atoms with Crippen molar-refractivity contribution in [3.63, 3.8) is 0 Å². The minimum absolute atomic E-state index is 0.0486. The van der Waals surface area contributed by atoms with Crippen molar-refractivity contribution in [2.75, 3.05) is 32.2 Å². The van der Waals surface area contributed by atoms with Crippen molar-refractivity contribution in [1.29, 1.82) is 0 Å². The van der Waals surface area contributed by atoms with Crippen molar-refractivity contribution < 1.29 is 19.1 Å². The molecule has 1 heterocycles. The first kappa shape index (κ1) is 20.7. The monoisotopic (exact) mass is 414 g/mol. The third kappa shape index (κ3) is 5.29. The van der Waals surface area contributed by atoms with Crippen molar-refractivity contribution in [2.45, 2.75) is 6.42 Å². The van der Waals surface area contributed by atoms with Gasteiger partial charge in [-0.2, -0.15) is 0 Å². The molecule has 1 aliphatic rings. The van der Waals surface area contributed by atoms with Crippen molar-refractivity contribution in [2.24, 2.45) is 5.92 Å². The molecule has 1 saturated heterocycles. The number of methoxy groups -OCH3 is 2. The third-order valence-electron chi connectivity index (χ3n) is 4.74. The second-order valence-electron chi connectivity index (χ2n) is 6.74. The van der Waals surface area contributed by atoms with Crippen LogP contribution in [0.2, 0.25) is 5.02 Å². The second-order valence-corrected chi connectivity index (χ2v) is 7.18. The predicted molar refractivity (Wildman–Crippen MR) is 114 cm³/mol. The molecule has 1 unspecified atom stereocenters. The number of anilines is 1. The number of benzene rings is 2. The molecular formula is C22H23ClN2O4. The molecule has 7 heteroatoms. The van der Waals surface area contributed by atoms with E-state index in [4.69, 9.17) is 21.1 Å². The lowest BCUT2D eigenvalue weighted by molar-refractivity contribution is -0.118. The summed E-state index contributed by atoms with van der Waals surface area (Å²) >= 11 is 5.90. The zero-order valence-electron chi connectivity index (χ0n) is 16.4. The van der Waals surface area contributed by atoms with Crippen LogP contribution in [0.3, 0.4) is 0 Å². The van der Waals surface area contributed by atoms with Gasteiger partial charge in [-0.3, -0.25) is 9.59 Å². The van der Waals surface area contributed by atoms with Crippen LogP contribution in [-0.4, -0.2) is 39.1 Å². The molecule has 2 amide bonds. The number of rotatable bonds is 7. The molecule has 2 aromatic rings. The van der Waals surface area contributed by atoms with E-state index in [9.17, 15) is 9.59 Å². The molecule has 152 valence electrons. The highest BCUT2D eigenvalue weighted by atomic mass is 35.5. The van der Waals surface area contributed by atoms with E-state index in [2.05, 4.69) is 5.32 Å². The summed E-state index contributed by atoms with van der Waals surface area (Å²) in [6, 6.07) is 12.6. The summed E-state index contributed by atoms with van der Waals surface area (Å²) in [5.74, 6) is 1.13. The Morgan fingerprint density at radius 1 is 1.17 bits per heavy atom. The maximum absolute atomic E-state index is 12.3. The van der Waals surface area contributed by atoms with Crippen molar-refractivity contribution in [3.05, 3.63) is 59.1 Å². The Morgan fingerprint density at radius 3 is 2.59 bits per heavy atom. The fraction of sp³-hybridized carbons (Fsp3) is 0.273. The maximum atomic E-state index is 12.3. The third-order valence-corrected chi connectivity index (χ3v) is 5.00.